The molecule has 0 saturated heterocycles. The van der Waals surface area contributed by atoms with Gasteiger partial charge in [-0.2, -0.15) is 0 Å². The number of sulfonamides is 1. The standard InChI is InChI=1S/C29H34FN3O5S/c1-4-27(29(35)31-5-2)32(20-22-10-8-7-9-11-22)28(34)21-33(24-14-12-23(30)13-15-24)39(36,37)26-18-16-25(17-19-26)38-6-3/h7-19,27H,4-6,20-21H2,1-3H3,(H,31,35)/t27-/m1/s1. The number of rotatable bonds is 13. The Morgan fingerprint density at radius 2 is 1.56 bits per heavy atom. The van der Waals surface area contributed by atoms with Crippen LogP contribution >= 0.6 is 0 Å². The maximum Gasteiger partial charge on any atom is 0.264 e. The molecule has 0 spiro atoms. The van der Waals surface area contributed by atoms with Crippen LogP contribution in [0.1, 0.15) is 32.8 Å². The van der Waals surface area contributed by atoms with Crippen LogP contribution < -0.4 is 14.4 Å². The fourth-order valence-electron chi connectivity index (χ4n) is 4.13. The molecule has 1 atom stereocenters. The van der Waals surface area contributed by atoms with E-state index < -0.39 is 34.3 Å². The van der Waals surface area contributed by atoms with Crippen molar-refractivity contribution in [3.63, 3.8) is 0 Å². The van der Waals surface area contributed by atoms with Gasteiger partial charge in [-0.05, 0) is 74.4 Å². The number of halogens is 1. The van der Waals surface area contributed by atoms with Crippen LogP contribution in [0.25, 0.3) is 0 Å². The third-order valence-electron chi connectivity index (χ3n) is 6.05. The third-order valence-corrected chi connectivity index (χ3v) is 7.84. The van der Waals surface area contributed by atoms with Gasteiger partial charge in [-0.3, -0.25) is 13.9 Å². The van der Waals surface area contributed by atoms with Gasteiger partial charge < -0.3 is 15.0 Å². The Bertz CT molecular complexity index is 1330. The van der Waals surface area contributed by atoms with Crippen molar-refractivity contribution in [1.29, 1.82) is 0 Å². The molecule has 3 rings (SSSR count). The molecule has 0 bridgehead atoms. The highest BCUT2D eigenvalue weighted by Crippen LogP contribution is 2.26. The van der Waals surface area contributed by atoms with Crippen molar-refractivity contribution in [2.75, 3.05) is 24.0 Å². The lowest BCUT2D eigenvalue weighted by Gasteiger charge is -2.33. The number of carbonyl (C=O) groups excluding carboxylic acids is 2. The van der Waals surface area contributed by atoms with Gasteiger partial charge in [0.2, 0.25) is 11.8 Å². The maximum atomic E-state index is 13.9. The normalized spacial score (nSPS) is 11.9. The summed E-state index contributed by atoms with van der Waals surface area (Å²) in [6.45, 7) is 5.71. The van der Waals surface area contributed by atoms with E-state index in [9.17, 15) is 22.4 Å². The minimum absolute atomic E-state index is 0.0616. The van der Waals surface area contributed by atoms with Crippen molar-refractivity contribution in [2.45, 2.75) is 44.7 Å². The van der Waals surface area contributed by atoms with Crippen LogP contribution in [0.2, 0.25) is 0 Å². The van der Waals surface area contributed by atoms with E-state index in [0.717, 1.165) is 22.0 Å². The topological polar surface area (TPSA) is 96.0 Å². The predicted molar refractivity (Wildman–Crippen MR) is 148 cm³/mol. The molecule has 39 heavy (non-hydrogen) atoms. The summed E-state index contributed by atoms with van der Waals surface area (Å²) in [4.78, 5) is 28.1. The molecule has 10 heteroatoms. The van der Waals surface area contributed by atoms with Gasteiger partial charge >= 0.3 is 0 Å². The summed E-state index contributed by atoms with van der Waals surface area (Å²) in [6, 6.07) is 19.1. The van der Waals surface area contributed by atoms with Crippen LogP contribution in [0.5, 0.6) is 5.75 Å². The molecule has 2 amide bonds. The van der Waals surface area contributed by atoms with Gasteiger partial charge in [0, 0.05) is 13.1 Å². The molecule has 0 aliphatic heterocycles. The first-order valence-electron chi connectivity index (χ1n) is 12.8. The zero-order valence-corrected chi connectivity index (χ0v) is 23.2. The fraction of sp³-hybridized carbons (Fsp3) is 0.310. The van der Waals surface area contributed by atoms with Crippen LogP contribution in [0.3, 0.4) is 0 Å². The predicted octanol–water partition coefficient (Wildman–Crippen LogP) is 4.36. The molecule has 0 aliphatic rings. The monoisotopic (exact) mass is 555 g/mol. The lowest BCUT2D eigenvalue weighted by Crippen LogP contribution is -2.52. The quantitative estimate of drug-likeness (QED) is 0.338. The van der Waals surface area contributed by atoms with E-state index in [0.29, 0.717) is 25.3 Å². The van der Waals surface area contributed by atoms with Crippen molar-refractivity contribution in [2.24, 2.45) is 0 Å². The molecule has 0 aliphatic carbocycles. The Labute approximate surface area is 229 Å². The Morgan fingerprint density at radius 1 is 0.923 bits per heavy atom. The molecule has 0 radical (unpaired) electrons. The number of likely N-dealkylation sites (N-methyl/N-ethyl adjacent to an activating group) is 1. The number of benzene rings is 3. The summed E-state index contributed by atoms with van der Waals surface area (Å²) in [5.74, 6) is -0.943. The molecule has 0 fully saturated rings. The number of hydrogen-bond donors (Lipinski definition) is 1. The zero-order chi connectivity index (χ0) is 28.4. The smallest absolute Gasteiger partial charge is 0.264 e. The van der Waals surface area contributed by atoms with Crippen molar-refractivity contribution in [3.8, 4) is 5.75 Å². The van der Waals surface area contributed by atoms with Crippen molar-refractivity contribution >= 4 is 27.5 Å². The minimum atomic E-state index is -4.26. The van der Waals surface area contributed by atoms with Gasteiger partial charge in [0.05, 0.1) is 17.2 Å². The number of nitrogens with zero attached hydrogens (tertiary/aromatic N) is 2. The lowest BCUT2D eigenvalue weighted by atomic mass is 10.1. The van der Waals surface area contributed by atoms with E-state index in [1.54, 1.807) is 13.8 Å². The lowest BCUT2D eigenvalue weighted by molar-refractivity contribution is -0.140. The molecule has 1 N–H and O–H groups in total. The first-order chi connectivity index (χ1) is 18.7. The Kier molecular flexibility index (Phi) is 10.4. The number of hydrogen-bond acceptors (Lipinski definition) is 5. The third kappa shape index (κ3) is 7.57. The molecule has 3 aromatic rings. The van der Waals surface area contributed by atoms with Crippen molar-refractivity contribution in [3.05, 3.63) is 90.2 Å². The summed E-state index contributed by atoms with van der Waals surface area (Å²) >= 11 is 0. The highest BCUT2D eigenvalue weighted by molar-refractivity contribution is 7.92. The second kappa shape index (κ2) is 13.7. The van der Waals surface area contributed by atoms with E-state index in [-0.39, 0.29) is 23.0 Å². The first kappa shape index (κ1) is 29.6. The van der Waals surface area contributed by atoms with Gasteiger partial charge in [0.15, 0.2) is 0 Å². The van der Waals surface area contributed by atoms with Gasteiger partial charge in [-0.25, -0.2) is 12.8 Å². The zero-order valence-electron chi connectivity index (χ0n) is 22.3. The minimum Gasteiger partial charge on any atom is -0.494 e. The molecule has 0 unspecified atom stereocenters. The first-order valence-corrected chi connectivity index (χ1v) is 14.3. The van der Waals surface area contributed by atoms with Crippen LogP contribution in [0, 0.1) is 5.82 Å². The number of anilines is 1. The molecule has 8 nitrogen and oxygen atoms in total. The average molecular weight is 556 g/mol. The van der Waals surface area contributed by atoms with Gasteiger partial charge in [0.25, 0.3) is 10.0 Å². The fourth-order valence-corrected chi connectivity index (χ4v) is 5.54. The molecule has 208 valence electrons. The van der Waals surface area contributed by atoms with Crippen LogP contribution in [-0.2, 0) is 26.2 Å². The van der Waals surface area contributed by atoms with Gasteiger partial charge in [-0.1, -0.05) is 37.3 Å². The Hall–Kier alpha value is -3.92. The Balaban J connectivity index is 2.03. The van der Waals surface area contributed by atoms with Crippen LogP contribution in [0.15, 0.2) is 83.8 Å². The molecule has 0 aromatic heterocycles. The largest absolute Gasteiger partial charge is 0.494 e. The number of nitrogens with one attached hydrogen (secondary N) is 1. The molecular formula is C29H34FN3O5S. The van der Waals surface area contributed by atoms with Crippen molar-refractivity contribution in [1.82, 2.24) is 10.2 Å². The van der Waals surface area contributed by atoms with E-state index >= 15 is 0 Å². The summed E-state index contributed by atoms with van der Waals surface area (Å²) in [6.07, 6.45) is 0.326. The molecule has 3 aromatic carbocycles. The van der Waals surface area contributed by atoms with Crippen molar-refractivity contribution < 1.29 is 27.1 Å². The molecule has 0 heterocycles. The van der Waals surface area contributed by atoms with E-state index in [2.05, 4.69) is 5.32 Å². The Morgan fingerprint density at radius 3 is 2.13 bits per heavy atom. The highest BCUT2D eigenvalue weighted by Gasteiger charge is 2.33. The maximum absolute atomic E-state index is 13.9. The number of carbonyl (C=O) groups is 2. The molecular weight excluding hydrogens is 521 g/mol. The summed E-state index contributed by atoms with van der Waals surface area (Å²) < 4.78 is 47.7. The summed E-state index contributed by atoms with van der Waals surface area (Å²) in [5, 5.41) is 2.76. The van der Waals surface area contributed by atoms with Gasteiger partial charge in [-0.15, -0.1) is 0 Å². The average Bonchev–Trinajstić information content (AvgIpc) is 2.93. The van der Waals surface area contributed by atoms with Crippen LogP contribution in [-0.4, -0.2) is 50.9 Å². The summed E-state index contributed by atoms with van der Waals surface area (Å²) in [7, 11) is -4.26. The van der Waals surface area contributed by atoms with Gasteiger partial charge in [0.1, 0.15) is 24.2 Å². The van der Waals surface area contributed by atoms with E-state index in [1.807, 2.05) is 37.3 Å². The highest BCUT2D eigenvalue weighted by atomic mass is 32.2. The van der Waals surface area contributed by atoms with E-state index in [1.165, 1.54) is 41.3 Å². The van der Waals surface area contributed by atoms with Crippen LogP contribution in [0.4, 0.5) is 10.1 Å². The number of ether oxygens (including phenoxy) is 1. The second-order valence-corrected chi connectivity index (χ2v) is 10.6. The SMILES string of the molecule is CCNC(=O)[C@@H](CC)N(Cc1ccccc1)C(=O)CN(c1ccc(F)cc1)S(=O)(=O)c1ccc(OCC)cc1. The second-order valence-electron chi connectivity index (χ2n) is 8.72. The molecule has 0 saturated carbocycles. The van der Waals surface area contributed by atoms with E-state index in [4.69, 9.17) is 4.74 Å². The number of amides is 2. The summed E-state index contributed by atoms with van der Waals surface area (Å²) in [5.41, 5.74) is 0.903.